The van der Waals surface area contributed by atoms with Crippen molar-refractivity contribution in [3.8, 4) is 11.1 Å². The van der Waals surface area contributed by atoms with Gasteiger partial charge >= 0.3 is 5.97 Å². The molecule has 2 aromatic rings. The molecule has 136 valence electrons. The molecule has 0 saturated heterocycles. The van der Waals surface area contributed by atoms with Gasteiger partial charge < -0.3 is 15.8 Å². The van der Waals surface area contributed by atoms with E-state index in [1.807, 2.05) is 31.2 Å². The maximum absolute atomic E-state index is 11.8. The van der Waals surface area contributed by atoms with E-state index in [9.17, 15) is 9.59 Å². The van der Waals surface area contributed by atoms with E-state index in [4.69, 9.17) is 10.8 Å². The monoisotopic (exact) mass is 352 g/mol. The van der Waals surface area contributed by atoms with Gasteiger partial charge in [-0.25, -0.2) is 4.79 Å². The molecule has 1 fully saturated rings. The van der Waals surface area contributed by atoms with E-state index in [1.54, 1.807) is 18.2 Å². The van der Waals surface area contributed by atoms with Crippen LogP contribution in [0.25, 0.3) is 11.1 Å². The Kier molecular flexibility index (Phi) is 7.12. The van der Waals surface area contributed by atoms with E-state index in [1.165, 1.54) is 31.5 Å². The molecule has 0 aliphatic heterocycles. The number of carboxylic acid groups (broad SMARTS) is 1. The molecule has 1 saturated carbocycles. The maximum Gasteiger partial charge on any atom is 0.341 e. The first kappa shape index (κ1) is 19.4. The lowest BCUT2D eigenvalue weighted by molar-refractivity contribution is 0.0695. The molecule has 0 amide bonds. The minimum absolute atomic E-state index is 0.311. The quantitative estimate of drug-likeness (QED) is 0.783. The number of carboxylic acids is 1. The molecule has 1 aromatic heterocycles. The first-order valence-corrected chi connectivity index (χ1v) is 8.62. The van der Waals surface area contributed by atoms with Crippen molar-refractivity contribution in [2.75, 3.05) is 0 Å². The zero-order valence-electron chi connectivity index (χ0n) is 14.9. The Morgan fingerprint density at radius 1 is 1.08 bits per heavy atom. The number of nitrogens with two attached hydrogens (primary N) is 1. The van der Waals surface area contributed by atoms with Crippen molar-refractivity contribution in [1.82, 2.24) is 4.98 Å². The zero-order chi connectivity index (χ0) is 18.9. The fourth-order valence-electron chi connectivity index (χ4n) is 2.18. The van der Waals surface area contributed by atoms with E-state index in [2.05, 4.69) is 4.98 Å². The molecule has 1 aliphatic carbocycles. The van der Waals surface area contributed by atoms with Crippen LogP contribution in [0.1, 0.15) is 40.7 Å². The Morgan fingerprint density at radius 3 is 2.27 bits per heavy atom. The molecule has 5 heteroatoms. The van der Waals surface area contributed by atoms with E-state index < -0.39 is 11.5 Å². The van der Waals surface area contributed by atoms with E-state index >= 15 is 0 Å². The average Bonchev–Trinajstić information content (AvgIpc) is 3.51. The molecule has 1 aliphatic rings. The number of nitrogens with one attached hydrogen (secondary N) is 1. The van der Waals surface area contributed by atoms with Gasteiger partial charge in [-0.3, -0.25) is 4.79 Å². The first-order chi connectivity index (χ1) is 12.5. The van der Waals surface area contributed by atoms with Crippen molar-refractivity contribution < 1.29 is 9.90 Å². The number of carbonyl (C=O) groups is 1. The molecule has 0 bridgehead atoms. The van der Waals surface area contributed by atoms with Crippen LogP contribution in [-0.2, 0) is 6.54 Å². The molecule has 0 unspecified atom stereocenters. The van der Waals surface area contributed by atoms with E-state index in [0.717, 1.165) is 22.3 Å². The number of benzene rings is 1. The van der Waals surface area contributed by atoms with Crippen LogP contribution in [0.15, 0.2) is 59.5 Å². The predicted octanol–water partition coefficient (Wildman–Crippen LogP) is 3.80. The van der Waals surface area contributed by atoms with Crippen molar-refractivity contribution in [3.63, 3.8) is 0 Å². The second kappa shape index (κ2) is 9.53. The number of rotatable bonds is 3. The van der Waals surface area contributed by atoms with Crippen molar-refractivity contribution in [2.24, 2.45) is 5.73 Å². The van der Waals surface area contributed by atoms with Crippen LogP contribution in [0.4, 0.5) is 0 Å². The number of aromatic amines is 1. The predicted molar refractivity (Wildman–Crippen MR) is 104 cm³/mol. The molecule has 5 nitrogen and oxygen atoms in total. The average molecular weight is 352 g/mol. The Balaban J connectivity index is 0.000000732. The van der Waals surface area contributed by atoms with Crippen LogP contribution in [0, 0.1) is 6.92 Å². The minimum atomic E-state index is -1.26. The smallest absolute Gasteiger partial charge is 0.341 e. The van der Waals surface area contributed by atoms with Gasteiger partial charge in [0, 0.05) is 12.7 Å². The third-order valence-corrected chi connectivity index (χ3v) is 3.83. The molecule has 0 radical (unpaired) electrons. The number of aryl methyl sites for hydroxylation is 1. The van der Waals surface area contributed by atoms with Crippen LogP contribution in [0.5, 0.6) is 0 Å². The number of aromatic carboxylic acids is 1. The summed E-state index contributed by atoms with van der Waals surface area (Å²) in [5.41, 5.74) is 8.53. The highest BCUT2D eigenvalue weighted by atomic mass is 16.4. The summed E-state index contributed by atoms with van der Waals surface area (Å²) in [6.07, 6.45) is 5.95. The van der Waals surface area contributed by atoms with Gasteiger partial charge in [0.2, 0.25) is 0 Å². The largest absolute Gasteiger partial charge is 0.477 e. The fourth-order valence-corrected chi connectivity index (χ4v) is 2.18. The Hall–Kier alpha value is -2.92. The van der Waals surface area contributed by atoms with Crippen LogP contribution in [-0.4, -0.2) is 16.1 Å². The van der Waals surface area contributed by atoms with Crippen LogP contribution < -0.4 is 11.3 Å². The summed E-state index contributed by atoms with van der Waals surface area (Å²) in [6, 6.07) is 14.2. The number of hydrogen-bond acceptors (Lipinski definition) is 3. The van der Waals surface area contributed by atoms with Gasteiger partial charge in [0.1, 0.15) is 5.56 Å². The summed E-state index contributed by atoms with van der Waals surface area (Å²) in [7, 11) is 0. The molecule has 1 aromatic carbocycles. The molecule has 1 heterocycles. The van der Waals surface area contributed by atoms with Gasteiger partial charge in [0.25, 0.3) is 5.56 Å². The van der Waals surface area contributed by atoms with E-state index in [-0.39, 0.29) is 5.56 Å². The Labute approximate surface area is 152 Å². The summed E-state index contributed by atoms with van der Waals surface area (Å²) >= 11 is 0. The lowest BCUT2D eigenvalue weighted by atomic mass is 10.0. The summed E-state index contributed by atoms with van der Waals surface area (Å²) in [4.78, 5) is 25.3. The maximum atomic E-state index is 11.8. The molecular formula is C21H24N2O3. The van der Waals surface area contributed by atoms with Gasteiger partial charge in [-0.05, 0) is 41.3 Å². The highest BCUT2D eigenvalue weighted by Crippen LogP contribution is 2.21. The molecule has 0 atom stereocenters. The lowest BCUT2D eigenvalue weighted by Gasteiger charge is -2.05. The topological polar surface area (TPSA) is 96.2 Å². The van der Waals surface area contributed by atoms with Crippen molar-refractivity contribution >= 4 is 5.97 Å². The summed E-state index contributed by atoms with van der Waals surface area (Å²) in [5.74, 6) is -1.26. The summed E-state index contributed by atoms with van der Waals surface area (Å²) < 4.78 is 0. The molecular weight excluding hydrogens is 328 g/mol. The van der Waals surface area contributed by atoms with Crippen LogP contribution in [0.3, 0.4) is 0 Å². The van der Waals surface area contributed by atoms with E-state index in [0.29, 0.717) is 6.54 Å². The number of hydrogen-bond donors (Lipinski definition) is 3. The SMILES string of the molecule is C1CC1.Cc1cccc(C(=O)O)c(=O)[nH]ccc1-c1ccc(CN)cc1. The van der Waals surface area contributed by atoms with Gasteiger partial charge in [-0.2, -0.15) is 0 Å². The molecule has 0 spiro atoms. The van der Waals surface area contributed by atoms with Crippen molar-refractivity contribution in [3.05, 3.63) is 81.8 Å². The summed E-state index contributed by atoms with van der Waals surface area (Å²) in [5, 5.41) is 9.02. The third-order valence-electron chi connectivity index (χ3n) is 3.83. The summed E-state index contributed by atoms with van der Waals surface area (Å²) in [6.45, 7) is 2.40. The first-order valence-electron chi connectivity index (χ1n) is 8.62. The molecule has 3 rings (SSSR count). The zero-order valence-corrected chi connectivity index (χ0v) is 14.9. The van der Waals surface area contributed by atoms with Crippen LogP contribution in [0.2, 0.25) is 0 Å². The molecule has 26 heavy (non-hydrogen) atoms. The second-order valence-electron chi connectivity index (χ2n) is 6.11. The Bertz CT molecular complexity index is 864. The second-order valence-corrected chi connectivity index (χ2v) is 6.11. The normalized spacial score (nSPS) is 11.6. The highest BCUT2D eigenvalue weighted by Gasteiger charge is 2.05. The highest BCUT2D eigenvalue weighted by molar-refractivity contribution is 5.86. The minimum Gasteiger partial charge on any atom is -0.477 e. The van der Waals surface area contributed by atoms with Gasteiger partial charge in [0.05, 0.1) is 0 Å². The third kappa shape index (κ3) is 5.86. The fraction of sp³-hybridized carbons (Fsp3) is 0.238. The van der Waals surface area contributed by atoms with Crippen molar-refractivity contribution in [1.29, 1.82) is 0 Å². The number of H-pyrrole nitrogens is 1. The number of aromatic nitrogens is 1. The van der Waals surface area contributed by atoms with Gasteiger partial charge in [-0.15, -0.1) is 0 Å². The Morgan fingerprint density at radius 2 is 1.73 bits per heavy atom. The van der Waals surface area contributed by atoms with Gasteiger partial charge in [0.15, 0.2) is 0 Å². The van der Waals surface area contributed by atoms with Crippen LogP contribution >= 0.6 is 0 Å². The molecule has 4 N–H and O–H groups in total. The standard InChI is InChI=1S/C18H18N2O3.C3H6/c1-12-3-2-4-16(18(22)23)17(21)20-10-9-15(12)14-7-5-13(11-19)6-8-14;1-2-3-1/h2-10H,11,19H2,1H3,(H,20,21)(H,22,23);1-3H2. The van der Waals surface area contributed by atoms with Crippen molar-refractivity contribution in [2.45, 2.75) is 32.7 Å². The van der Waals surface area contributed by atoms with Gasteiger partial charge in [-0.1, -0.05) is 55.7 Å². The lowest BCUT2D eigenvalue weighted by Crippen LogP contribution is -2.14.